The number of carboxylic acid groups (broad SMARTS) is 1. The van der Waals surface area contributed by atoms with Gasteiger partial charge in [0.25, 0.3) is 5.89 Å². The van der Waals surface area contributed by atoms with E-state index in [2.05, 4.69) is 15.1 Å². The molecule has 21 heavy (non-hydrogen) atoms. The molecule has 3 rings (SSSR count). The summed E-state index contributed by atoms with van der Waals surface area (Å²) in [6.07, 6.45) is 2.26. The largest absolute Gasteiger partial charge is 0.481 e. The molecule has 0 saturated carbocycles. The Bertz CT molecular complexity index is 684. The standard InChI is InChI=1S/C14H16N4O3/c1-9-16-12(21-17-9)10-4-3-6-15-11(10)18-7-5-14(2,8-18)13(19)20/h3-4,6H,5,7-8H2,1-2H3,(H,19,20). The minimum atomic E-state index is -0.781. The molecule has 0 radical (unpaired) electrons. The Morgan fingerprint density at radius 1 is 1.52 bits per heavy atom. The number of hydrogen-bond acceptors (Lipinski definition) is 6. The number of aromatic nitrogens is 3. The van der Waals surface area contributed by atoms with Crippen molar-refractivity contribution in [3.8, 4) is 11.5 Å². The molecular weight excluding hydrogens is 272 g/mol. The van der Waals surface area contributed by atoms with Crippen molar-refractivity contribution in [2.45, 2.75) is 20.3 Å². The van der Waals surface area contributed by atoms with E-state index in [1.54, 1.807) is 26.1 Å². The van der Waals surface area contributed by atoms with Crippen molar-refractivity contribution in [2.24, 2.45) is 5.41 Å². The number of aryl methyl sites for hydroxylation is 1. The molecule has 7 heteroatoms. The first-order valence-corrected chi connectivity index (χ1v) is 6.74. The van der Waals surface area contributed by atoms with Gasteiger partial charge in [-0.25, -0.2) is 4.98 Å². The maximum absolute atomic E-state index is 11.4. The lowest BCUT2D eigenvalue weighted by Crippen LogP contribution is -2.32. The number of anilines is 1. The predicted molar refractivity (Wildman–Crippen MR) is 74.8 cm³/mol. The second-order valence-corrected chi connectivity index (χ2v) is 5.56. The maximum atomic E-state index is 11.4. The second-order valence-electron chi connectivity index (χ2n) is 5.56. The van der Waals surface area contributed by atoms with Crippen molar-refractivity contribution in [3.63, 3.8) is 0 Å². The fourth-order valence-corrected chi connectivity index (χ4v) is 2.54. The third kappa shape index (κ3) is 2.35. The van der Waals surface area contributed by atoms with Gasteiger partial charge in [-0.05, 0) is 32.4 Å². The lowest BCUT2D eigenvalue weighted by molar-refractivity contribution is -0.146. The summed E-state index contributed by atoms with van der Waals surface area (Å²) < 4.78 is 5.21. The van der Waals surface area contributed by atoms with Crippen LogP contribution in [0.15, 0.2) is 22.9 Å². The molecule has 0 spiro atoms. The molecule has 1 atom stereocenters. The average Bonchev–Trinajstić information content (AvgIpc) is 3.06. The van der Waals surface area contributed by atoms with E-state index in [1.165, 1.54) is 0 Å². The van der Waals surface area contributed by atoms with Gasteiger partial charge in [0.05, 0.1) is 11.0 Å². The SMILES string of the molecule is Cc1noc(-c2cccnc2N2CCC(C)(C(=O)O)C2)n1. The fourth-order valence-electron chi connectivity index (χ4n) is 2.54. The van der Waals surface area contributed by atoms with E-state index in [-0.39, 0.29) is 0 Å². The van der Waals surface area contributed by atoms with Crippen LogP contribution in [0.3, 0.4) is 0 Å². The van der Waals surface area contributed by atoms with Gasteiger partial charge in [-0.1, -0.05) is 5.16 Å². The summed E-state index contributed by atoms with van der Waals surface area (Å²) in [5, 5.41) is 13.1. The summed E-state index contributed by atoms with van der Waals surface area (Å²) in [7, 11) is 0. The van der Waals surface area contributed by atoms with Gasteiger partial charge < -0.3 is 14.5 Å². The third-order valence-corrected chi connectivity index (χ3v) is 3.83. The van der Waals surface area contributed by atoms with Crippen LogP contribution in [0.2, 0.25) is 0 Å². The number of nitrogens with zero attached hydrogens (tertiary/aromatic N) is 4. The van der Waals surface area contributed by atoms with E-state index in [9.17, 15) is 9.90 Å². The van der Waals surface area contributed by atoms with Crippen molar-refractivity contribution in [1.29, 1.82) is 0 Å². The smallest absolute Gasteiger partial charge is 0.311 e. The van der Waals surface area contributed by atoms with Crippen molar-refractivity contribution < 1.29 is 14.4 Å². The molecule has 0 aromatic carbocycles. The molecule has 1 N–H and O–H groups in total. The zero-order chi connectivity index (χ0) is 15.0. The van der Waals surface area contributed by atoms with Crippen LogP contribution in [0.25, 0.3) is 11.5 Å². The minimum absolute atomic E-state index is 0.402. The van der Waals surface area contributed by atoms with E-state index in [0.717, 1.165) is 5.56 Å². The van der Waals surface area contributed by atoms with Crippen LogP contribution >= 0.6 is 0 Å². The molecule has 7 nitrogen and oxygen atoms in total. The van der Waals surface area contributed by atoms with Crippen molar-refractivity contribution in [3.05, 3.63) is 24.2 Å². The highest BCUT2D eigenvalue weighted by molar-refractivity contribution is 5.77. The Morgan fingerprint density at radius 3 is 2.95 bits per heavy atom. The van der Waals surface area contributed by atoms with Gasteiger partial charge in [-0.15, -0.1) is 0 Å². The monoisotopic (exact) mass is 288 g/mol. The molecule has 1 fully saturated rings. The number of carboxylic acids is 1. The number of rotatable bonds is 3. The summed E-state index contributed by atoms with van der Waals surface area (Å²) in [6, 6.07) is 3.65. The zero-order valence-corrected chi connectivity index (χ0v) is 11.9. The summed E-state index contributed by atoms with van der Waals surface area (Å²) in [5.74, 6) is 0.860. The van der Waals surface area contributed by atoms with E-state index < -0.39 is 11.4 Å². The molecular formula is C14H16N4O3. The molecule has 0 bridgehead atoms. The second kappa shape index (κ2) is 4.83. The predicted octanol–water partition coefficient (Wildman–Crippen LogP) is 1.74. The molecule has 0 aliphatic carbocycles. The maximum Gasteiger partial charge on any atom is 0.311 e. The van der Waals surface area contributed by atoms with Crippen LogP contribution in [0.4, 0.5) is 5.82 Å². The summed E-state index contributed by atoms with van der Waals surface area (Å²) in [6.45, 7) is 4.56. The van der Waals surface area contributed by atoms with Crippen LogP contribution in [0.1, 0.15) is 19.2 Å². The van der Waals surface area contributed by atoms with E-state index in [0.29, 0.717) is 37.0 Å². The first kappa shape index (κ1) is 13.5. The fraction of sp³-hybridized carbons (Fsp3) is 0.429. The molecule has 1 aliphatic heterocycles. The minimum Gasteiger partial charge on any atom is -0.481 e. The first-order chi connectivity index (χ1) is 9.99. The first-order valence-electron chi connectivity index (χ1n) is 6.74. The normalized spacial score (nSPS) is 21.7. The van der Waals surface area contributed by atoms with Gasteiger partial charge in [-0.3, -0.25) is 4.79 Å². The molecule has 110 valence electrons. The number of aliphatic carboxylic acids is 1. The number of carbonyl (C=O) groups is 1. The molecule has 3 heterocycles. The van der Waals surface area contributed by atoms with Gasteiger partial charge in [0.1, 0.15) is 5.82 Å². The quantitative estimate of drug-likeness (QED) is 0.919. The number of hydrogen-bond donors (Lipinski definition) is 1. The Balaban J connectivity index is 1.96. The van der Waals surface area contributed by atoms with Crippen molar-refractivity contribution >= 4 is 11.8 Å². The van der Waals surface area contributed by atoms with Gasteiger partial charge in [0, 0.05) is 19.3 Å². The molecule has 2 aromatic rings. The highest BCUT2D eigenvalue weighted by atomic mass is 16.5. The third-order valence-electron chi connectivity index (χ3n) is 3.83. The van der Waals surface area contributed by atoms with E-state index >= 15 is 0 Å². The Labute approximate surface area is 121 Å². The van der Waals surface area contributed by atoms with Gasteiger partial charge >= 0.3 is 5.97 Å². The van der Waals surface area contributed by atoms with E-state index in [4.69, 9.17) is 4.52 Å². The molecule has 2 aromatic heterocycles. The van der Waals surface area contributed by atoms with Gasteiger partial charge in [0.15, 0.2) is 5.82 Å². The molecule has 1 unspecified atom stereocenters. The van der Waals surface area contributed by atoms with Crippen LogP contribution in [0.5, 0.6) is 0 Å². The van der Waals surface area contributed by atoms with Gasteiger partial charge in [-0.2, -0.15) is 4.98 Å². The summed E-state index contributed by atoms with van der Waals surface area (Å²) in [4.78, 5) is 21.9. The van der Waals surface area contributed by atoms with Crippen LogP contribution in [0, 0.1) is 12.3 Å². The topological polar surface area (TPSA) is 92.4 Å². The Morgan fingerprint density at radius 2 is 2.33 bits per heavy atom. The summed E-state index contributed by atoms with van der Waals surface area (Å²) >= 11 is 0. The highest BCUT2D eigenvalue weighted by Gasteiger charge is 2.41. The molecule has 1 saturated heterocycles. The average molecular weight is 288 g/mol. The van der Waals surface area contributed by atoms with E-state index in [1.807, 2.05) is 11.0 Å². The highest BCUT2D eigenvalue weighted by Crippen LogP contribution is 2.36. The zero-order valence-electron chi connectivity index (χ0n) is 11.9. The lowest BCUT2D eigenvalue weighted by Gasteiger charge is -2.22. The molecule has 0 amide bonds. The summed E-state index contributed by atoms with van der Waals surface area (Å²) in [5.41, 5.74) is -0.0211. The van der Waals surface area contributed by atoms with Crippen molar-refractivity contribution in [1.82, 2.24) is 15.1 Å². The van der Waals surface area contributed by atoms with Crippen LogP contribution in [-0.4, -0.2) is 39.3 Å². The Kier molecular flexibility index (Phi) is 3.12. The lowest BCUT2D eigenvalue weighted by atomic mass is 9.90. The van der Waals surface area contributed by atoms with Gasteiger partial charge in [0.2, 0.25) is 0 Å². The van der Waals surface area contributed by atoms with Crippen LogP contribution < -0.4 is 4.90 Å². The van der Waals surface area contributed by atoms with Crippen molar-refractivity contribution in [2.75, 3.05) is 18.0 Å². The Hall–Kier alpha value is -2.44. The van der Waals surface area contributed by atoms with Crippen LogP contribution in [-0.2, 0) is 4.79 Å². The molecule has 1 aliphatic rings. The number of pyridine rings is 1.